The van der Waals surface area contributed by atoms with Crippen LogP contribution in [-0.2, 0) is 6.42 Å². The molecule has 0 saturated carbocycles. The molecule has 16 heavy (non-hydrogen) atoms. The first-order valence-corrected chi connectivity index (χ1v) is 5.46. The van der Waals surface area contributed by atoms with Crippen LogP contribution in [0.3, 0.4) is 0 Å². The second kappa shape index (κ2) is 4.94. The molecule has 3 nitrogen and oxygen atoms in total. The Morgan fingerprint density at radius 3 is 3.00 bits per heavy atom. The minimum atomic E-state index is 0.885. The van der Waals surface area contributed by atoms with Crippen LogP contribution in [0.2, 0.25) is 0 Å². The van der Waals surface area contributed by atoms with E-state index >= 15 is 0 Å². The molecule has 0 amide bonds. The largest absolute Gasteiger partial charge is 0.364 e. The van der Waals surface area contributed by atoms with Gasteiger partial charge in [0.05, 0.1) is 5.69 Å². The number of benzene rings is 1. The lowest BCUT2D eigenvalue weighted by molar-refractivity contribution is 0.411. The summed E-state index contributed by atoms with van der Waals surface area (Å²) in [4.78, 5) is 0. The van der Waals surface area contributed by atoms with E-state index in [1.54, 1.807) is 6.26 Å². The minimum Gasteiger partial charge on any atom is -0.364 e. The third-order valence-electron chi connectivity index (χ3n) is 2.59. The summed E-state index contributed by atoms with van der Waals surface area (Å²) in [6.45, 7) is 3.00. The maximum atomic E-state index is 5.06. The Morgan fingerprint density at radius 2 is 2.25 bits per heavy atom. The highest BCUT2D eigenvalue weighted by atomic mass is 16.5. The molecule has 2 rings (SSSR count). The highest BCUT2D eigenvalue weighted by Crippen LogP contribution is 2.23. The summed E-state index contributed by atoms with van der Waals surface area (Å²) in [5, 5.41) is 7.16. The summed E-state index contributed by atoms with van der Waals surface area (Å²) >= 11 is 0. The monoisotopic (exact) mass is 216 g/mol. The molecule has 0 unspecified atom stereocenters. The van der Waals surface area contributed by atoms with E-state index in [2.05, 4.69) is 41.7 Å². The SMILES string of the molecule is CNCCc1nocc1-c1cccc(C)c1. The van der Waals surface area contributed by atoms with Gasteiger partial charge >= 0.3 is 0 Å². The van der Waals surface area contributed by atoms with Crippen molar-refractivity contribution in [3.8, 4) is 11.1 Å². The molecule has 1 heterocycles. The van der Waals surface area contributed by atoms with Gasteiger partial charge < -0.3 is 9.84 Å². The van der Waals surface area contributed by atoms with Crippen LogP contribution in [0.25, 0.3) is 11.1 Å². The molecule has 3 heteroatoms. The van der Waals surface area contributed by atoms with Crippen molar-refractivity contribution >= 4 is 0 Å². The molecule has 0 fully saturated rings. The summed E-state index contributed by atoms with van der Waals surface area (Å²) in [5.74, 6) is 0. The molecule has 0 aliphatic carbocycles. The molecule has 0 bridgehead atoms. The van der Waals surface area contributed by atoms with E-state index in [1.165, 1.54) is 11.1 Å². The summed E-state index contributed by atoms with van der Waals surface area (Å²) in [6, 6.07) is 8.38. The van der Waals surface area contributed by atoms with Crippen molar-refractivity contribution in [2.75, 3.05) is 13.6 Å². The van der Waals surface area contributed by atoms with Crippen molar-refractivity contribution in [2.24, 2.45) is 0 Å². The molecule has 0 saturated heterocycles. The second-order valence-corrected chi connectivity index (χ2v) is 3.90. The van der Waals surface area contributed by atoms with Gasteiger partial charge in [-0.3, -0.25) is 0 Å². The molecule has 1 N–H and O–H groups in total. The van der Waals surface area contributed by atoms with E-state index in [1.807, 2.05) is 7.05 Å². The smallest absolute Gasteiger partial charge is 0.131 e. The van der Waals surface area contributed by atoms with Crippen LogP contribution in [0, 0.1) is 6.92 Å². The Balaban J connectivity index is 2.29. The Bertz CT molecular complexity index is 462. The normalized spacial score (nSPS) is 10.6. The van der Waals surface area contributed by atoms with Gasteiger partial charge in [-0.1, -0.05) is 35.0 Å². The average molecular weight is 216 g/mol. The van der Waals surface area contributed by atoms with E-state index in [-0.39, 0.29) is 0 Å². The van der Waals surface area contributed by atoms with Crippen LogP contribution >= 0.6 is 0 Å². The van der Waals surface area contributed by atoms with Crippen LogP contribution < -0.4 is 5.32 Å². The fourth-order valence-corrected chi connectivity index (χ4v) is 1.73. The van der Waals surface area contributed by atoms with Gasteiger partial charge in [-0.2, -0.15) is 0 Å². The maximum absolute atomic E-state index is 5.06. The zero-order valence-electron chi connectivity index (χ0n) is 9.66. The Hall–Kier alpha value is -1.61. The Labute approximate surface area is 95.5 Å². The van der Waals surface area contributed by atoms with Gasteiger partial charge in [-0.25, -0.2) is 0 Å². The van der Waals surface area contributed by atoms with E-state index in [0.29, 0.717) is 0 Å². The molecule has 1 aromatic carbocycles. The average Bonchev–Trinajstić information content (AvgIpc) is 2.74. The molecular formula is C13H16N2O. The summed E-state index contributed by atoms with van der Waals surface area (Å²) in [7, 11) is 1.94. The van der Waals surface area contributed by atoms with Crippen molar-refractivity contribution in [2.45, 2.75) is 13.3 Å². The number of rotatable bonds is 4. The van der Waals surface area contributed by atoms with E-state index < -0.39 is 0 Å². The quantitative estimate of drug-likeness (QED) is 0.853. The van der Waals surface area contributed by atoms with Crippen molar-refractivity contribution in [3.63, 3.8) is 0 Å². The molecule has 84 valence electrons. The van der Waals surface area contributed by atoms with Crippen molar-refractivity contribution < 1.29 is 4.52 Å². The molecule has 0 aliphatic rings. The first-order valence-electron chi connectivity index (χ1n) is 5.46. The highest BCUT2D eigenvalue weighted by molar-refractivity contribution is 5.65. The Kier molecular flexibility index (Phi) is 3.37. The number of aromatic nitrogens is 1. The number of likely N-dealkylation sites (N-methyl/N-ethyl adjacent to an activating group) is 1. The number of hydrogen-bond acceptors (Lipinski definition) is 3. The predicted molar refractivity (Wildman–Crippen MR) is 64.3 cm³/mol. The van der Waals surface area contributed by atoms with Gasteiger partial charge in [0.1, 0.15) is 6.26 Å². The fourth-order valence-electron chi connectivity index (χ4n) is 1.73. The summed E-state index contributed by atoms with van der Waals surface area (Å²) in [5.41, 5.74) is 4.53. The lowest BCUT2D eigenvalue weighted by atomic mass is 10.0. The summed E-state index contributed by atoms with van der Waals surface area (Å²) < 4.78 is 5.06. The van der Waals surface area contributed by atoms with Crippen LogP contribution in [0.5, 0.6) is 0 Å². The molecule has 0 aliphatic heterocycles. The van der Waals surface area contributed by atoms with Crippen LogP contribution in [0.4, 0.5) is 0 Å². The van der Waals surface area contributed by atoms with E-state index in [4.69, 9.17) is 4.52 Å². The zero-order chi connectivity index (χ0) is 11.4. The zero-order valence-corrected chi connectivity index (χ0v) is 9.66. The van der Waals surface area contributed by atoms with Gasteiger partial charge in [0, 0.05) is 18.5 Å². The molecule has 0 spiro atoms. The predicted octanol–water partition coefficient (Wildman–Crippen LogP) is 2.41. The topological polar surface area (TPSA) is 38.1 Å². The van der Waals surface area contributed by atoms with Gasteiger partial charge in [0.25, 0.3) is 0 Å². The van der Waals surface area contributed by atoms with E-state index in [9.17, 15) is 0 Å². The first-order chi connectivity index (χ1) is 7.81. The van der Waals surface area contributed by atoms with Crippen LogP contribution in [0.1, 0.15) is 11.3 Å². The highest BCUT2D eigenvalue weighted by Gasteiger charge is 2.09. The number of nitrogens with one attached hydrogen (secondary N) is 1. The number of aryl methyl sites for hydroxylation is 1. The van der Waals surface area contributed by atoms with Crippen molar-refractivity contribution in [1.82, 2.24) is 10.5 Å². The maximum Gasteiger partial charge on any atom is 0.131 e. The minimum absolute atomic E-state index is 0.885. The van der Waals surface area contributed by atoms with Gasteiger partial charge in [0.2, 0.25) is 0 Å². The third-order valence-corrected chi connectivity index (χ3v) is 2.59. The van der Waals surface area contributed by atoms with Crippen molar-refractivity contribution in [1.29, 1.82) is 0 Å². The molecule has 1 aromatic heterocycles. The number of nitrogens with zero attached hydrogens (tertiary/aromatic N) is 1. The lowest BCUT2D eigenvalue weighted by Gasteiger charge is -2.02. The van der Waals surface area contributed by atoms with Crippen LogP contribution in [0.15, 0.2) is 35.1 Å². The fraction of sp³-hybridized carbons (Fsp3) is 0.308. The van der Waals surface area contributed by atoms with Gasteiger partial charge in [-0.05, 0) is 19.5 Å². The van der Waals surface area contributed by atoms with Crippen LogP contribution in [-0.4, -0.2) is 18.7 Å². The second-order valence-electron chi connectivity index (χ2n) is 3.90. The van der Waals surface area contributed by atoms with Gasteiger partial charge in [-0.15, -0.1) is 0 Å². The molecule has 0 radical (unpaired) electrons. The molecule has 2 aromatic rings. The van der Waals surface area contributed by atoms with Crippen molar-refractivity contribution in [3.05, 3.63) is 41.8 Å². The Morgan fingerprint density at radius 1 is 1.38 bits per heavy atom. The molecule has 0 atom stereocenters. The van der Waals surface area contributed by atoms with Gasteiger partial charge in [0.15, 0.2) is 0 Å². The lowest BCUT2D eigenvalue weighted by Crippen LogP contribution is -2.10. The number of hydrogen-bond donors (Lipinski definition) is 1. The molecular weight excluding hydrogens is 200 g/mol. The standard InChI is InChI=1S/C13H16N2O/c1-10-4-3-5-11(8-10)12-9-16-15-13(12)6-7-14-2/h3-5,8-9,14H,6-7H2,1-2H3. The first kappa shape index (κ1) is 10.9. The van der Waals surface area contributed by atoms with E-state index in [0.717, 1.165) is 24.2 Å². The third kappa shape index (κ3) is 2.31. The summed E-state index contributed by atoms with van der Waals surface area (Å²) in [6.07, 6.45) is 2.61.